The number of anilines is 1. The summed E-state index contributed by atoms with van der Waals surface area (Å²) in [6.07, 6.45) is 5.41. The van der Waals surface area contributed by atoms with Crippen LogP contribution in [-0.4, -0.2) is 27.5 Å². The number of nitrogens with zero attached hydrogens (tertiary/aromatic N) is 2. The number of benzene rings is 1. The van der Waals surface area contributed by atoms with Crippen molar-refractivity contribution >= 4 is 16.7 Å². The molecule has 1 aliphatic carbocycles. The van der Waals surface area contributed by atoms with Gasteiger partial charge in [0.05, 0.1) is 17.6 Å². The van der Waals surface area contributed by atoms with Gasteiger partial charge in [-0.25, -0.2) is 4.98 Å². The minimum absolute atomic E-state index is 0.739. The van der Waals surface area contributed by atoms with E-state index in [4.69, 9.17) is 5.73 Å². The number of nitrogen functional groups attached to an aromatic ring is 1. The number of hydrogen-bond donors (Lipinski definition) is 2. The molecule has 0 unspecified atom stereocenters. The molecule has 0 atom stereocenters. The fraction of sp³-hybridized carbons (Fsp3) is 0.533. The zero-order chi connectivity index (χ0) is 13.2. The van der Waals surface area contributed by atoms with Crippen LogP contribution >= 0.6 is 0 Å². The van der Waals surface area contributed by atoms with Crippen molar-refractivity contribution in [2.24, 2.45) is 0 Å². The molecule has 19 heavy (non-hydrogen) atoms. The van der Waals surface area contributed by atoms with E-state index in [0.29, 0.717) is 0 Å². The predicted molar refractivity (Wildman–Crippen MR) is 78.8 cm³/mol. The number of rotatable bonds is 4. The van der Waals surface area contributed by atoms with Crippen LogP contribution in [0.15, 0.2) is 18.2 Å². The average molecular weight is 258 g/mol. The number of nitrogens with one attached hydrogen (secondary N) is 1. The Hall–Kier alpha value is -1.55. The summed E-state index contributed by atoms with van der Waals surface area (Å²) in [4.78, 5) is 10.6. The summed E-state index contributed by atoms with van der Waals surface area (Å²) in [5.74, 6) is 1.05. The Morgan fingerprint density at radius 1 is 1.37 bits per heavy atom. The second-order valence-electron chi connectivity index (χ2n) is 5.46. The molecule has 1 aliphatic rings. The standard InChI is InChI=1S/C15H22N4/c1-2-19(12-5-3-4-6-12)10-15-17-13-8-7-11(16)9-14(13)18-15/h7-9,12H,2-6,10,16H2,1H3,(H,17,18). The Morgan fingerprint density at radius 3 is 2.89 bits per heavy atom. The van der Waals surface area contributed by atoms with E-state index >= 15 is 0 Å². The van der Waals surface area contributed by atoms with E-state index in [1.54, 1.807) is 0 Å². The largest absolute Gasteiger partial charge is 0.399 e. The molecule has 1 fully saturated rings. The maximum atomic E-state index is 5.80. The predicted octanol–water partition coefficient (Wildman–Crippen LogP) is 2.91. The minimum Gasteiger partial charge on any atom is -0.399 e. The summed E-state index contributed by atoms with van der Waals surface area (Å²) in [6, 6.07) is 6.58. The lowest BCUT2D eigenvalue weighted by atomic mass is 10.2. The molecule has 1 aromatic heterocycles. The monoisotopic (exact) mass is 258 g/mol. The van der Waals surface area contributed by atoms with Gasteiger partial charge in [0.25, 0.3) is 0 Å². The van der Waals surface area contributed by atoms with Gasteiger partial charge in [0.1, 0.15) is 5.82 Å². The summed E-state index contributed by atoms with van der Waals surface area (Å²) >= 11 is 0. The lowest BCUT2D eigenvalue weighted by Crippen LogP contribution is -2.32. The van der Waals surface area contributed by atoms with Gasteiger partial charge in [0.15, 0.2) is 0 Å². The van der Waals surface area contributed by atoms with Crippen LogP contribution in [0.4, 0.5) is 5.69 Å². The molecule has 3 N–H and O–H groups in total. The number of H-pyrrole nitrogens is 1. The van der Waals surface area contributed by atoms with Crippen molar-refractivity contribution < 1.29 is 0 Å². The van der Waals surface area contributed by atoms with Gasteiger partial charge < -0.3 is 10.7 Å². The first kappa shape index (κ1) is 12.5. The van der Waals surface area contributed by atoms with Gasteiger partial charge >= 0.3 is 0 Å². The summed E-state index contributed by atoms with van der Waals surface area (Å²) < 4.78 is 0. The molecule has 0 bridgehead atoms. The van der Waals surface area contributed by atoms with Gasteiger partial charge in [-0.3, -0.25) is 4.90 Å². The molecular weight excluding hydrogens is 236 g/mol. The highest BCUT2D eigenvalue weighted by molar-refractivity contribution is 5.78. The minimum atomic E-state index is 0.739. The zero-order valence-electron chi connectivity index (χ0n) is 11.5. The molecule has 0 aliphatic heterocycles. The number of imidazole rings is 1. The Labute approximate surface area is 114 Å². The maximum absolute atomic E-state index is 5.80. The average Bonchev–Trinajstić information content (AvgIpc) is 3.04. The van der Waals surface area contributed by atoms with Gasteiger partial charge in [-0.05, 0) is 37.6 Å². The SMILES string of the molecule is CCN(Cc1nc2ccc(N)cc2[nH]1)C1CCCC1. The van der Waals surface area contributed by atoms with Crippen molar-refractivity contribution in [1.29, 1.82) is 0 Å². The second kappa shape index (κ2) is 5.21. The molecular formula is C15H22N4. The summed E-state index contributed by atoms with van der Waals surface area (Å²) in [6.45, 7) is 4.23. The summed E-state index contributed by atoms with van der Waals surface area (Å²) in [7, 11) is 0. The Balaban J connectivity index is 1.79. The third kappa shape index (κ3) is 2.59. The van der Waals surface area contributed by atoms with E-state index in [9.17, 15) is 0 Å². The first-order chi connectivity index (χ1) is 9.26. The van der Waals surface area contributed by atoms with Gasteiger partial charge in [0.2, 0.25) is 0 Å². The third-order valence-corrected chi connectivity index (χ3v) is 4.16. The summed E-state index contributed by atoms with van der Waals surface area (Å²) in [5.41, 5.74) is 8.63. The topological polar surface area (TPSA) is 57.9 Å². The number of fused-ring (bicyclic) bond motifs is 1. The highest BCUT2D eigenvalue weighted by Gasteiger charge is 2.22. The smallest absolute Gasteiger partial charge is 0.121 e. The van der Waals surface area contributed by atoms with E-state index in [-0.39, 0.29) is 0 Å². The van der Waals surface area contributed by atoms with E-state index < -0.39 is 0 Å². The third-order valence-electron chi connectivity index (χ3n) is 4.16. The van der Waals surface area contributed by atoms with Crippen molar-refractivity contribution in [3.8, 4) is 0 Å². The molecule has 1 aromatic carbocycles. The van der Waals surface area contributed by atoms with Gasteiger partial charge in [-0.1, -0.05) is 19.8 Å². The van der Waals surface area contributed by atoms with Crippen LogP contribution in [0.3, 0.4) is 0 Å². The lowest BCUT2D eigenvalue weighted by molar-refractivity contribution is 0.196. The van der Waals surface area contributed by atoms with Crippen molar-refractivity contribution in [3.05, 3.63) is 24.0 Å². The molecule has 1 saturated carbocycles. The van der Waals surface area contributed by atoms with Gasteiger partial charge in [0, 0.05) is 11.7 Å². The van der Waals surface area contributed by atoms with E-state index in [0.717, 1.165) is 41.7 Å². The molecule has 2 aromatic rings. The highest BCUT2D eigenvalue weighted by atomic mass is 15.2. The first-order valence-corrected chi connectivity index (χ1v) is 7.24. The second-order valence-corrected chi connectivity index (χ2v) is 5.46. The fourth-order valence-electron chi connectivity index (χ4n) is 3.12. The Morgan fingerprint density at radius 2 is 2.16 bits per heavy atom. The van der Waals surface area contributed by atoms with Crippen molar-refractivity contribution in [3.63, 3.8) is 0 Å². The Bertz CT molecular complexity index is 554. The quantitative estimate of drug-likeness (QED) is 0.829. The van der Waals surface area contributed by atoms with Crippen LogP contribution in [-0.2, 0) is 6.54 Å². The molecule has 4 heteroatoms. The van der Waals surface area contributed by atoms with E-state index in [2.05, 4.69) is 21.8 Å². The molecule has 102 valence electrons. The normalized spacial score (nSPS) is 16.7. The molecule has 4 nitrogen and oxygen atoms in total. The van der Waals surface area contributed by atoms with E-state index in [1.807, 2.05) is 18.2 Å². The molecule has 0 saturated heterocycles. The first-order valence-electron chi connectivity index (χ1n) is 7.24. The fourth-order valence-corrected chi connectivity index (χ4v) is 3.12. The molecule has 1 heterocycles. The van der Waals surface area contributed by atoms with Crippen molar-refractivity contribution in [2.45, 2.75) is 45.2 Å². The molecule has 3 rings (SSSR count). The van der Waals surface area contributed by atoms with Gasteiger partial charge in [-0.15, -0.1) is 0 Å². The maximum Gasteiger partial charge on any atom is 0.121 e. The lowest BCUT2D eigenvalue weighted by Gasteiger charge is -2.26. The van der Waals surface area contributed by atoms with Crippen LogP contribution in [0, 0.1) is 0 Å². The molecule has 0 amide bonds. The highest BCUT2D eigenvalue weighted by Crippen LogP contribution is 2.25. The van der Waals surface area contributed by atoms with E-state index in [1.165, 1.54) is 25.7 Å². The zero-order valence-corrected chi connectivity index (χ0v) is 11.5. The number of nitrogens with two attached hydrogens (primary N) is 1. The Kier molecular flexibility index (Phi) is 3.42. The molecule has 0 radical (unpaired) electrons. The van der Waals surface area contributed by atoms with Crippen LogP contribution in [0.1, 0.15) is 38.4 Å². The number of aromatic amines is 1. The van der Waals surface area contributed by atoms with Gasteiger partial charge in [-0.2, -0.15) is 0 Å². The van der Waals surface area contributed by atoms with Crippen LogP contribution < -0.4 is 5.73 Å². The molecule has 0 spiro atoms. The number of aromatic nitrogens is 2. The van der Waals surface area contributed by atoms with Crippen LogP contribution in [0.25, 0.3) is 11.0 Å². The summed E-state index contributed by atoms with van der Waals surface area (Å²) in [5, 5.41) is 0. The number of hydrogen-bond acceptors (Lipinski definition) is 3. The van der Waals surface area contributed by atoms with Crippen molar-refractivity contribution in [1.82, 2.24) is 14.9 Å². The van der Waals surface area contributed by atoms with Crippen LogP contribution in [0.2, 0.25) is 0 Å². The van der Waals surface area contributed by atoms with Crippen molar-refractivity contribution in [2.75, 3.05) is 12.3 Å². The van der Waals surface area contributed by atoms with Crippen LogP contribution in [0.5, 0.6) is 0 Å².